The van der Waals surface area contributed by atoms with Crippen LogP contribution >= 0.6 is 0 Å². The second-order valence-electron chi connectivity index (χ2n) is 5.01. The first kappa shape index (κ1) is 14.7. The average molecular weight is 254 g/mol. The number of carboxylic acid groups (broad SMARTS) is 1. The van der Waals surface area contributed by atoms with E-state index in [-0.39, 0.29) is 11.8 Å². The average Bonchev–Trinajstić information content (AvgIpc) is 2.74. The predicted molar refractivity (Wildman–Crippen MR) is 69.4 cm³/mol. The molecular formula is C13H22N2O3. The highest BCUT2D eigenvalue weighted by Gasteiger charge is 2.12. The number of nitrogens with two attached hydrogens (primary N) is 1. The third-order valence-corrected chi connectivity index (χ3v) is 3.00. The lowest BCUT2D eigenvalue weighted by Crippen LogP contribution is -2.31. The molecule has 3 N–H and O–H groups in total. The van der Waals surface area contributed by atoms with Crippen LogP contribution < -0.4 is 5.73 Å². The molecule has 5 nitrogen and oxygen atoms in total. The van der Waals surface area contributed by atoms with Gasteiger partial charge in [0.25, 0.3) is 0 Å². The number of hydrogen-bond acceptors (Lipinski definition) is 4. The largest absolute Gasteiger partial charge is 0.475 e. The molecule has 1 unspecified atom stereocenters. The van der Waals surface area contributed by atoms with Crippen molar-refractivity contribution in [2.24, 2.45) is 11.7 Å². The van der Waals surface area contributed by atoms with Gasteiger partial charge in [0.2, 0.25) is 5.76 Å². The van der Waals surface area contributed by atoms with E-state index in [1.807, 2.05) is 7.05 Å². The van der Waals surface area contributed by atoms with Crippen molar-refractivity contribution < 1.29 is 14.3 Å². The summed E-state index contributed by atoms with van der Waals surface area (Å²) in [7, 11) is 1.97. The number of furan rings is 1. The van der Waals surface area contributed by atoms with E-state index >= 15 is 0 Å². The van der Waals surface area contributed by atoms with Crippen molar-refractivity contribution in [1.82, 2.24) is 4.90 Å². The minimum Gasteiger partial charge on any atom is -0.475 e. The van der Waals surface area contributed by atoms with Crippen LogP contribution in [-0.2, 0) is 6.54 Å². The van der Waals surface area contributed by atoms with Crippen LogP contribution in [0.1, 0.15) is 36.6 Å². The third kappa shape index (κ3) is 4.50. The molecule has 0 radical (unpaired) electrons. The summed E-state index contributed by atoms with van der Waals surface area (Å²) in [5, 5.41) is 8.75. The van der Waals surface area contributed by atoms with Crippen molar-refractivity contribution in [3.05, 3.63) is 23.7 Å². The zero-order valence-corrected chi connectivity index (χ0v) is 11.2. The Morgan fingerprint density at radius 1 is 1.50 bits per heavy atom. The number of carbonyl (C=O) groups is 1. The van der Waals surface area contributed by atoms with Crippen molar-refractivity contribution in [1.29, 1.82) is 0 Å². The number of rotatable bonds is 7. The van der Waals surface area contributed by atoms with E-state index in [1.54, 1.807) is 6.07 Å². The minimum atomic E-state index is -1.04. The van der Waals surface area contributed by atoms with E-state index in [0.29, 0.717) is 18.2 Å². The summed E-state index contributed by atoms with van der Waals surface area (Å²) in [6, 6.07) is 3.37. The number of nitrogens with zero attached hydrogens (tertiary/aromatic N) is 1. The van der Waals surface area contributed by atoms with Gasteiger partial charge in [-0.25, -0.2) is 4.79 Å². The summed E-state index contributed by atoms with van der Waals surface area (Å²) < 4.78 is 5.20. The summed E-state index contributed by atoms with van der Waals surface area (Å²) in [5.41, 5.74) is 5.97. The molecule has 5 heteroatoms. The first-order valence-corrected chi connectivity index (χ1v) is 6.16. The Kier molecular flexibility index (Phi) is 5.37. The van der Waals surface area contributed by atoms with Crippen LogP contribution in [0.2, 0.25) is 0 Å². The summed E-state index contributed by atoms with van der Waals surface area (Å²) in [6.07, 6.45) is 0.917. The predicted octanol–water partition coefficient (Wildman–Crippen LogP) is 1.78. The van der Waals surface area contributed by atoms with Crippen molar-refractivity contribution in [2.45, 2.75) is 32.9 Å². The van der Waals surface area contributed by atoms with E-state index in [1.165, 1.54) is 6.07 Å². The lowest BCUT2D eigenvalue weighted by Gasteiger charge is -2.20. The smallest absolute Gasteiger partial charge is 0.371 e. The maximum Gasteiger partial charge on any atom is 0.371 e. The van der Waals surface area contributed by atoms with Gasteiger partial charge in [-0.2, -0.15) is 0 Å². The van der Waals surface area contributed by atoms with Crippen LogP contribution in [0.5, 0.6) is 0 Å². The Morgan fingerprint density at radius 2 is 2.17 bits per heavy atom. The monoisotopic (exact) mass is 254 g/mol. The van der Waals surface area contributed by atoms with Crippen molar-refractivity contribution in [3.8, 4) is 0 Å². The normalized spacial score (nSPS) is 13.2. The Bertz CT molecular complexity index is 387. The first-order valence-electron chi connectivity index (χ1n) is 6.16. The molecule has 0 aliphatic rings. The van der Waals surface area contributed by atoms with Crippen molar-refractivity contribution in [2.75, 3.05) is 13.6 Å². The van der Waals surface area contributed by atoms with Gasteiger partial charge in [0.1, 0.15) is 5.76 Å². The van der Waals surface area contributed by atoms with Gasteiger partial charge < -0.3 is 15.3 Å². The van der Waals surface area contributed by atoms with Crippen LogP contribution in [0.4, 0.5) is 0 Å². The minimum absolute atomic E-state index is 0.0164. The molecule has 0 amide bonds. The van der Waals surface area contributed by atoms with E-state index < -0.39 is 5.97 Å². The molecule has 0 fully saturated rings. The van der Waals surface area contributed by atoms with Gasteiger partial charge in [0, 0.05) is 6.04 Å². The molecule has 1 aromatic rings. The summed E-state index contributed by atoms with van der Waals surface area (Å²) in [5.74, 6) is 0.0802. The molecule has 18 heavy (non-hydrogen) atoms. The van der Waals surface area contributed by atoms with E-state index in [4.69, 9.17) is 15.3 Å². The molecule has 0 aromatic carbocycles. The summed E-state index contributed by atoms with van der Waals surface area (Å²) in [6.45, 7) is 5.67. The Labute approximate surface area is 108 Å². The van der Waals surface area contributed by atoms with Gasteiger partial charge in [-0.3, -0.25) is 4.90 Å². The number of aromatic carboxylic acids is 1. The quantitative estimate of drug-likeness (QED) is 0.775. The molecule has 0 spiro atoms. The van der Waals surface area contributed by atoms with E-state index in [9.17, 15) is 4.79 Å². The van der Waals surface area contributed by atoms with Crippen molar-refractivity contribution in [3.63, 3.8) is 0 Å². The molecule has 0 saturated heterocycles. The maximum absolute atomic E-state index is 10.7. The highest BCUT2D eigenvalue weighted by atomic mass is 16.4. The molecule has 102 valence electrons. The maximum atomic E-state index is 10.7. The molecular weight excluding hydrogens is 232 g/mol. The zero-order valence-electron chi connectivity index (χ0n) is 11.2. The molecule has 0 bridgehead atoms. The van der Waals surface area contributed by atoms with Crippen LogP contribution in [0.25, 0.3) is 0 Å². The van der Waals surface area contributed by atoms with Crippen LogP contribution in [0.3, 0.4) is 0 Å². The van der Waals surface area contributed by atoms with Gasteiger partial charge in [-0.1, -0.05) is 13.8 Å². The molecule has 0 aliphatic carbocycles. The van der Waals surface area contributed by atoms with Gasteiger partial charge in [0.05, 0.1) is 6.54 Å². The van der Waals surface area contributed by atoms with E-state index in [2.05, 4.69) is 18.7 Å². The third-order valence-electron chi connectivity index (χ3n) is 3.00. The standard InChI is InChI=1S/C13H22N2O3/c1-9(2)11(14)6-7-15(3)8-10-4-5-12(18-10)13(16)17/h4-5,9,11H,6-8,14H2,1-3H3,(H,16,17). The molecule has 0 aliphatic heterocycles. The summed E-state index contributed by atoms with van der Waals surface area (Å²) in [4.78, 5) is 12.7. The fourth-order valence-electron chi connectivity index (χ4n) is 1.63. The zero-order chi connectivity index (χ0) is 13.7. The highest BCUT2D eigenvalue weighted by molar-refractivity contribution is 5.84. The second kappa shape index (κ2) is 6.56. The summed E-state index contributed by atoms with van der Waals surface area (Å²) >= 11 is 0. The second-order valence-corrected chi connectivity index (χ2v) is 5.01. The van der Waals surface area contributed by atoms with E-state index in [0.717, 1.165) is 13.0 Å². The molecule has 1 heterocycles. The fraction of sp³-hybridized carbons (Fsp3) is 0.615. The Balaban J connectivity index is 2.39. The first-order chi connectivity index (χ1) is 8.40. The lowest BCUT2D eigenvalue weighted by atomic mass is 10.0. The number of carboxylic acids is 1. The van der Waals surface area contributed by atoms with Crippen LogP contribution in [0.15, 0.2) is 16.5 Å². The topological polar surface area (TPSA) is 79.7 Å². The lowest BCUT2D eigenvalue weighted by molar-refractivity contribution is 0.0658. The molecule has 1 rings (SSSR count). The van der Waals surface area contributed by atoms with Crippen LogP contribution in [0, 0.1) is 5.92 Å². The van der Waals surface area contributed by atoms with Gasteiger partial charge in [-0.15, -0.1) is 0 Å². The fourth-order valence-corrected chi connectivity index (χ4v) is 1.63. The molecule has 1 aromatic heterocycles. The SMILES string of the molecule is CC(C)C(N)CCN(C)Cc1ccc(C(=O)O)o1. The van der Waals surface area contributed by atoms with Crippen LogP contribution in [-0.4, -0.2) is 35.6 Å². The van der Waals surface area contributed by atoms with Gasteiger partial charge >= 0.3 is 5.97 Å². The van der Waals surface area contributed by atoms with Crippen molar-refractivity contribution >= 4 is 5.97 Å². The van der Waals surface area contributed by atoms with Gasteiger partial charge in [-0.05, 0) is 38.1 Å². The molecule has 0 saturated carbocycles. The number of hydrogen-bond donors (Lipinski definition) is 2. The Morgan fingerprint density at radius 3 is 2.67 bits per heavy atom. The molecule has 1 atom stereocenters. The highest BCUT2D eigenvalue weighted by Crippen LogP contribution is 2.11. The Hall–Kier alpha value is -1.33. The van der Waals surface area contributed by atoms with Gasteiger partial charge in [0.15, 0.2) is 0 Å².